The number of ether oxygens (including phenoxy) is 1. The Morgan fingerprint density at radius 1 is 1.58 bits per heavy atom. The second-order valence-corrected chi connectivity index (χ2v) is 3.54. The monoisotopic (exact) mass is 172 g/mol. The predicted octanol–water partition coefficient (Wildman–Crippen LogP) is 0.446. The number of likely N-dealkylation sites (N-methyl/N-ethyl adjacent to an activating group) is 1. The standard InChI is InChI=1S/C9H20N2O/c1-11-6-2-4-9(8-11)12-7-3-5-10/h9H,2-8,10H2,1H3. The highest BCUT2D eigenvalue weighted by Gasteiger charge is 2.16. The van der Waals surface area contributed by atoms with E-state index in [0.29, 0.717) is 6.10 Å². The number of piperidine rings is 1. The van der Waals surface area contributed by atoms with E-state index in [4.69, 9.17) is 10.5 Å². The van der Waals surface area contributed by atoms with Crippen LogP contribution in [0.15, 0.2) is 0 Å². The van der Waals surface area contributed by atoms with Crippen molar-refractivity contribution in [2.24, 2.45) is 5.73 Å². The fourth-order valence-corrected chi connectivity index (χ4v) is 1.59. The molecule has 72 valence electrons. The molecule has 3 nitrogen and oxygen atoms in total. The van der Waals surface area contributed by atoms with Gasteiger partial charge in [-0.05, 0) is 39.4 Å². The highest BCUT2D eigenvalue weighted by Crippen LogP contribution is 2.11. The first-order chi connectivity index (χ1) is 5.83. The van der Waals surface area contributed by atoms with Crippen molar-refractivity contribution in [2.45, 2.75) is 25.4 Å². The van der Waals surface area contributed by atoms with Gasteiger partial charge in [0, 0.05) is 13.2 Å². The highest BCUT2D eigenvalue weighted by atomic mass is 16.5. The molecule has 0 saturated carbocycles. The molecule has 1 saturated heterocycles. The van der Waals surface area contributed by atoms with Crippen LogP contribution in [0, 0.1) is 0 Å². The summed E-state index contributed by atoms with van der Waals surface area (Å²) in [7, 11) is 2.15. The van der Waals surface area contributed by atoms with Gasteiger partial charge < -0.3 is 15.4 Å². The Hall–Kier alpha value is -0.120. The molecule has 1 atom stereocenters. The van der Waals surface area contributed by atoms with Gasteiger partial charge in [0.05, 0.1) is 6.10 Å². The third-order valence-electron chi connectivity index (χ3n) is 2.28. The minimum absolute atomic E-state index is 0.454. The average Bonchev–Trinajstić information content (AvgIpc) is 2.05. The summed E-state index contributed by atoms with van der Waals surface area (Å²) in [5.74, 6) is 0. The molecule has 0 aromatic carbocycles. The Morgan fingerprint density at radius 3 is 3.08 bits per heavy atom. The molecule has 1 fully saturated rings. The minimum Gasteiger partial charge on any atom is -0.377 e. The molecule has 0 aromatic heterocycles. The molecular formula is C9H20N2O. The first-order valence-electron chi connectivity index (χ1n) is 4.83. The van der Waals surface area contributed by atoms with Crippen LogP contribution in [0.4, 0.5) is 0 Å². The van der Waals surface area contributed by atoms with Gasteiger partial charge in [-0.2, -0.15) is 0 Å². The van der Waals surface area contributed by atoms with Gasteiger partial charge in [-0.25, -0.2) is 0 Å². The molecule has 1 heterocycles. The number of nitrogens with zero attached hydrogens (tertiary/aromatic N) is 1. The van der Waals surface area contributed by atoms with E-state index in [2.05, 4.69) is 11.9 Å². The van der Waals surface area contributed by atoms with E-state index in [-0.39, 0.29) is 0 Å². The average molecular weight is 172 g/mol. The summed E-state index contributed by atoms with van der Waals surface area (Å²) < 4.78 is 5.67. The van der Waals surface area contributed by atoms with Gasteiger partial charge in [0.15, 0.2) is 0 Å². The lowest BCUT2D eigenvalue weighted by atomic mass is 10.1. The van der Waals surface area contributed by atoms with E-state index in [9.17, 15) is 0 Å². The van der Waals surface area contributed by atoms with Gasteiger partial charge in [0.1, 0.15) is 0 Å². The van der Waals surface area contributed by atoms with Gasteiger partial charge in [0.25, 0.3) is 0 Å². The van der Waals surface area contributed by atoms with Gasteiger partial charge in [-0.1, -0.05) is 0 Å². The smallest absolute Gasteiger partial charge is 0.0702 e. The zero-order valence-electron chi connectivity index (χ0n) is 7.96. The molecule has 0 amide bonds. The normalized spacial score (nSPS) is 26.0. The lowest BCUT2D eigenvalue weighted by molar-refractivity contribution is 0.00625. The fourth-order valence-electron chi connectivity index (χ4n) is 1.59. The third-order valence-corrected chi connectivity index (χ3v) is 2.28. The Bertz CT molecular complexity index is 119. The van der Waals surface area contributed by atoms with E-state index in [1.165, 1.54) is 19.4 Å². The maximum Gasteiger partial charge on any atom is 0.0702 e. The second kappa shape index (κ2) is 5.51. The van der Waals surface area contributed by atoms with Crippen molar-refractivity contribution in [3.8, 4) is 0 Å². The van der Waals surface area contributed by atoms with Crippen LogP contribution in [0.3, 0.4) is 0 Å². The maximum atomic E-state index is 5.67. The van der Waals surface area contributed by atoms with E-state index >= 15 is 0 Å². The number of nitrogens with two attached hydrogens (primary N) is 1. The van der Waals surface area contributed by atoms with Crippen molar-refractivity contribution in [2.75, 3.05) is 33.3 Å². The summed E-state index contributed by atoms with van der Waals surface area (Å²) in [5.41, 5.74) is 5.38. The molecular weight excluding hydrogens is 152 g/mol. The van der Waals surface area contributed by atoms with Crippen LogP contribution in [0.2, 0.25) is 0 Å². The van der Waals surface area contributed by atoms with Crippen LogP contribution in [-0.4, -0.2) is 44.3 Å². The SMILES string of the molecule is CN1CCCC(OCCCN)C1. The molecule has 1 rings (SSSR count). The molecule has 2 N–H and O–H groups in total. The lowest BCUT2D eigenvalue weighted by Crippen LogP contribution is -2.37. The molecule has 1 unspecified atom stereocenters. The lowest BCUT2D eigenvalue weighted by Gasteiger charge is -2.29. The summed E-state index contributed by atoms with van der Waals surface area (Å²) in [6, 6.07) is 0. The fraction of sp³-hybridized carbons (Fsp3) is 1.00. The molecule has 0 aromatic rings. The molecule has 1 aliphatic heterocycles. The topological polar surface area (TPSA) is 38.5 Å². The summed E-state index contributed by atoms with van der Waals surface area (Å²) in [6.45, 7) is 3.87. The van der Waals surface area contributed by atoms with Crippen LogP contribution in [0.5, 0.6) is 0 Å². The van der Waals surface area contributed by atoms with Gasteiger partial charge in [-0.3, -0.25) is 0 Å². The van der Waals surface area contributed by atoms with Crippen LogP contribution in [-0.2, 0) is 4.74 Å². The first kappa shape index (κ1) is 9.96. The van der Waals surface area contributed by atoms with E-state index in [1.807, 2.05) is 0 Å². The van der Waals surface area contributed by atoms with Crippen molar-refractivity contribution >= 4 is 0 Å². The summed E-state index contributed by atoms with van der Waals surface area (Å²) >= 11 is 0. The Balaban J connectivity index is 2.06. The quantitative estimate of drug-likeness (QED) is 0.626. The summed E-state index contributed by atoms with van der Waals surface area (Å²) in [5, 5.41) is 0. The van der Waals surface area contributed by atoms with E-state index < -0.39 is 0 Å². The largest absolute Gasteiger partial charge is 0.377 e. The molecule has 0 spiro atoms. The molecule has 0 aliphatic carbocycles. The number of likely N-dealkylation sites (tertiary alicyclic amines) is 1. The van der Waals surface area contributed by atoms with Crippen LogP contribution in [0.1, 0.15) is 19.3 Å². The molecule has 0 radical (unpaired) electrons. The van der Waals surface area contributed by atoms with Crippen molar-refractivity contribution in [3.05, 3.63) is 0 Å². The third kappa shape index (κ3) is 3.52. The Kier molecular flexibility index (Phi) is 4.58. The summed E-state index contributed by atoms with van der Waals surface area (Å²) in [6.07, 6.45) is 3.93. The molecule has 1 aliphatic rings. The first-order valence-corrected chi connectivity index (χ1v) is 4.83. The number of hydrogen-bond acceptors (Lipinski definition) is 3. The van der Waals surface area contributed by atoms with Crippen molar-refractivity contribution in [3.63, 3.8) is 0 Å². The van der Waals surface area contributed by atoms with E-state index in [0.717, 1.165) is 26.1 Å². The van der Waals surface area contributed by atoms with Crippen molar-refractivity contribution in [1.82, 2.24) is 4.90 Å². The minimum atomic E-state index is 0.454. The van der Waals surface area contributed by atoms with Gasteiger partial charge >= 0.3 is 0 Å². The maximum absolute atomic E-state index is 5.67. The van der Waals surface area contributed by atoms with Crippen molar-refractivity contribution in [1.29, 1.82) is 0 Å². The zero-order valence-corrected chi connectivity index (χ0v) is 7.96. The van der Waals surface area contributed by atoms with Crippen LogP contribution >= 0.6 is 0 Å². The van der Waals surface area contributed by atoms with Gasteiger partial charge in [-0.15, -0.1) is 0 Å². The molecule has 0 bridgehead atoms. The zero-order chi connectivity index (χ0) is 8.81. The number of hydrogen-bond donors (Lipinski definition) is 1. The van der Waals surface area contributed by atoms with Crippen LogP contribution < -0.4 is 5.73 Å². The highest BCUT2D eigenvalue weighted by molar-refractivity contribution is 4.70. The van der Waals surface area contributed by atoms with E-state index in [1.54, 1.807) is 0 Å². The predicted molar refractivity (Wildman–Crippen MR) is 50.1 cm³/mol. The van der Waals surface area contributed by atoms with Crippen LogP contribution in [0.25, 0.3) is 0 Å². The van der Waals surface area contributed by atoms with Crippen molar-refractivity contribution < 1.29 is 4.74 Å². The molecule has 3 heteroatoms. The Labute approximate surface area is 74.9 Å². The van der Waals surface area contributed by atoms with Gasteiger partial charge in [0.2, 0.25) is 0 Å². The Morgan fingerprint density at radius 2 is 2.42 bits per heavy atom. The summed E-state index contributed by atoms with van der Waals surface area (Å²) in [4.78, 5) is 2.33. The number of rotatable bonds is 4. The molecule has 12 heavy (non-hydrogen) atoms. The second-order valence-electron chi connectivity index (χ2n) is 3.54.